The van der Waals surface area contributed by atoms with Gasteiger partial charge >= 0.3 is 0 Å². The molecule has 1 fully saturated rings. The average molecular weight is 460 g/mol. The van der Waals surface area contributed by atoms with Crippen LogP contribution in [0, 0.1) is 25.2 Å². The van der Waals surface area contributed by atoms with Gasteiger partial charge in [-0.3, -0.25) is 4.79 Å². The summed E-state index contributed by atoms with van der Waals surface area (Å²) in [6, 6.07) is 8.34. The third kappa shape index (κ3) is 3.96. The molecule has 0 bridgehead atoms. The average Bonchev–Trinajstić information content (AvgIpc) is 3.50. The Morgan fingerprint density at radius 2 is 1.97 bits per heavy atom. The lowest BCUT2D eigenvalue weighted by Gasteiger charge is -2.31. The van der Waals surface area contributed by atoms with Gasteiger partial charge in [0.1, 0.15) is 24.8 Å². The van der Waals surface area contributed by atoms with Crippen molar-refractivity contribution in [2.45, 2.75) is 57.8 Å². The van der Waals surface area contributed by atoms with E-state index in [1.54, 1.807) is 4.52 Å². The summed E-state index contributed by atoms with van der Waals surface area (Å²) in [5.41, 5.74) is 4.91. The molecule has 0 saturated heterocycles. The molecule has 1 N–H and O–H groups in total. The number of fused-ring (bicyclic) bond motifs is 2. The van der Waals surface area contributed by atoms with Crippen molar-refractivity contribution in [3.63, 3.8) is 0 Å². The second kappa shape index (κ2) is 8.98. The lowest BCUT2D eigenvalue weighted by atomic mass is 9.78. The summed E-state index contributed by atoms with van der Waals surface area (Å²) in [5.74, 6) is 1.62. The molecule has 0 atom stereocenters. The van der Waals surface area contributed by atoms with Crippen LogP contribution in [0.4, 0.5) is 0 Å². The van der Waals surface area contributed by atoms with E-state index in [1.165, 1.54) is 11.8 Å². The number of hydrogen-bond donors (Lipinski definition) is 1. The topological polar surface area (TPSA) is 102 Å². The van der Waals surface area contributed by atoms with Gasteiger partial charge in [-0.2, -0.15) is 10.4 Å². The van der Waals surface area contributed by atoms with Gasteiger partial charge in [-0.15, -0.1) is 0 Å². The number of benzene rings is 1. The van der Waals surface area contributed by atoms with Crippen LogP contribution in [0.5, 0.6) is 11.5 Å². The summed E-state index contributed by atoms with van der Waals surface area (Å²) in [6.45, 7) is 5.64. The Hall–Kier alpha value is -3.60. The van der Waals surface area contributed by atoms with Crippen LogP contribution in [0.3, 0.4) is 0 Å². The molecule has 8 heteroatoms. The van der Waals surface area contributed by atoms with Crippen LogP contribution in [0.25, 0.3) is 5.65 Å². The lowest BCUT2D eigenvalue weighted by molar-refractivity contribution is -0.121. The molecule has 5 rings (SSSR count). The third-order valence-electron chi connectivity index (χ3n) is 7.27. The molecule has 1 amide bonds. The summed E-state index contributed by atoms with van der Waals surface area (Å²) in [7, 11) is 0. The first-order valence-electron chi connectivity index (χ1n) is 11.9. The molecule has 34 heavy (non-hydrogen) atoms. The number of aromatic nitrogens is 3. The van der Waals surface area contributed by atoms with E-state index in [1.807, 2.05) is 19.9 Å². The zero-order valence-electron chi connectivity index (χ0n) is 19.7. The quantitative estimate of drug-likeness (QED) is 0.605. The summed E-state index contributed by atoms with van der Waals surface area (Å²) in [6.07, 6.45) is 6.89. The molecule has 1 saturated carbocycles. The second-order valence-electron chi connectivity index (χ2n) is 9.29. The number of nitrogens with zero attached hydrogens (tertiary/aromatic N) is 4. The van der Waals surface area contributed by atoms with Crippen molar-refractivity contribution in [3.05, 3.63) is 52.5 Å². The van der Waals surface area contributed by atoms with E-state index in [0.717, 1.165) is 54.1 Å². The molecule has 0 spiro atoms. The Bertz CT molecular complexity index is 1280. The van der Waals surface area contributed by atoms with Gasteiger partial charge in [0.15, 0.2) is 17.1 Å². The highest BCUT2D eigenvalue weighted by Crippen LogP contribution is 2.43. The zero-order chi connectivity index (χ0) is 23.7. The number of carbonyl (C=O) groups is 1. The van der Waals surface area contributed by atoms with Crippen molar-refractivity contribution in [2.24, 2.45) is 0 Å². The van der Waals surface area contributed by atoms with E-state index < -0.39 is 0 Å². The first-order chi connectivity index (χ1) is 16.5. The van der Waals surface area contributed by atoms with Gasteiger partial charge in [-0.1, -0.05) is 18.9 Å². The van der Waals surface area contributed by atoms with Gasteiger partial charge in [0.25, 0.3) is 0 Å². The molecule has 1 aliphatic carbocycles. The maximum Gasteiger partial charge on any atom is 0.220 e. The van der Waals surface area contributed by atoms with Gasteiger partial charge in [0.2, 0.25) is 5.91 Å². The van der Waals surface area contributed by atoms with Crippen LogP contribution in [-0.2, 0) is 16.6 Å². The lowest BCUT2D eigenvalue weighted by Crippen LogP contribution is -2.39. The van der Waals surface area contributed by atoms with Crippen LogP contribution in [-0.4, -0.2) is 40.3 Å². The van der Waals surface area contributed by atoms with Gasteiger partial charge in [0, 0.05) is 29.8 Å². The number of amides is 1. The maximum absolute atomic E-state index is 12.9. The molecule has 176 valence electrons. The molecular weight excluding hydrogens is 430 g/mol. The van der Waals surface area contributed by atoms with Gasteiger partial charge in [-0.05, 0) is 56.4 Å². The SMILES string of the molecule is Cc1nc2c(C#N)cnn2c(C)c1CCC(=O)NCC1(c2ccc3c(c2)OCCO3)CCCC1. The highest BCUT2D eigenvalue weighted by molar-refractivity contribution is 5.76. The van der Waals surface area contributed by atoms with Crippen molar-refractivity contribution in [3.8, 4) is 17.6 Å². The Morgan fingerprint density at radius 1 is 1.21 bits per heavy atom. The number of hydrogen-bond acceptors (Lipinski definition) is 6. The van der Waals surface area contributed by atoms with Crippen LogP contribution in [0.1, 0.15) is 60.2 Å². The fourth-order valence-electron chi connectivity index (χ4n) is 5.34. The summed E-state index contributed by atoms with van der Waals surface area (Å²) in [5, 5.41) is 16.8. The summed E-state index contributed by atoms with van der Waals surface area (Å²) in [4.78, 5) is 17.4. The second-order valence-corrected chi connectivity index (χ2v) is 9.29. The highest BCUT2D eigenvalue weighted by atomic mass is 16.6. The fourth-order valence-corrected chi connectivity index (χ4v) is 5.34. The van der Waals surface area contributed by atoms with E-state index in [-0.39, 0.29) is 11.3 Å². The minimum Gasteiger partial charge on any atom is -0.486 e. The highest BCUT2D eigenvalue weighted by Gasteiger charge is 2.36. The number of nitrogens with one attached hydrogen (secondary N) is 1. The van der Waals surface area contributed by atoms with Crippen LogP contribution in [0.2, 0.25) is 0 Å². The van der Waals surface area contributed by atoms with Crippen molar-refractivity contribution in [2.75, 3.05) is 19.8 Å². The predicted octanol–water partition coefficient (Wildman–Crippen LogP) is 3.55. The molecule has 8 nitrogen and oxygen atoms in total. The molecular formula is C26H29N5O3. The number of carbonyl (C=O) groups excluding carboxylic acids is 1. The number of aryl methyl sites for hydroxylation is 2. The summed E-state index contributed by atoms with van der Waals surface area (Å²) < 4.78 is 13.2. The van der Waals surface area contributed by atoms with Crippen LogP contribution >= 0.6 is 0 Å². The smallest absolute Gasteiger partial charge is 0.220 e. The Kier molecular flexibility index (Phi) is 5.86. The molecule has 2 aromatic heterocycles. The van der Waals surface area contributed by atoms with Crippen LogP contribution in [0.15, 0.2) is 24.4 Å². The number of rotatable bonds is 6. The first kappa shape index (κ1) is 22.2. The normalized spacial score (nSPS) is 16.4. The number of ether oxygens (including phenoxy) is 2. The van der Waals surface area contributed by atoms with Gasteiger partial charge < -0.3 is 14.8 Å². The number of nitriles is 1. The predicted molar refractivity (Wildman–Crippen MR) is 126 cm³/mol. The van der Waals surface area contributed by atoms with Gasteiger partial charge in [-0.25, -0.2) is 9.50 Å². The molecule has 1 aliphatic heterocycles. The molecule has 3 aromatic rings. The molecule has 2 aliphatic rings. The van der Waals surface area contributed by atoms with E-state index in [9.17, 15) is 10.1 Å². The molecule has 3 heterocycles. The minimum atomic E-state index is -0.0689. The third-order valence-corrected chi connectivity index (χ3v) is 7.27. The van der Waals surface area contributed by atoms with E-state index in [4.69, 9.17) is 9.47 Å². The molecule has 1 aromatic carbocycles. The summed E-state index contributed by atoms with van der Waals surface area (Å²) >= 11 is 0. The van der Waals surface area contributed by atoms with Gasteiger partial charge in [0.05, 0.1) is 6.20 Å². The van der Waals surface area contributed by atoms with Crippen LogP contribution < -0.4 is 14.8 Å². The molecule has 0 radical (unpaired) electrons. The van der Waals surface area contributed by atoms with Crippen molar-refractivity contribution in [1.82, 2.24) is 19.9 Å². The Balaban J connectivity index is 1.27. The fraction of sp³-hybridized carbons (Fsp3) is 0.462. The standard InChI is InChI=1S/C26H29N5O3/c1-17-21(18(2)31-25(30-17)19(14-27)15-29-31)6-8-24(32)28-16-26(9-3-4-10-26)20-5-7-22-23(13-20)34-12-11-33-22/h5,7,13,15H,3-4,6,8-12,16H2,1-2H3,(H,28,32). The minimum absolute atomic E-state index is 0.0286. The van der Waals surface area contributed by atoms with Crippen molar-refractivity contribution >= 4 is 11.6 Å². The largest absolute Gasteiger partial charge is 0.486 e. The first-order valence-corrected chi connectivity index (χ1v) is 11.9. The zero-order valence-corrected chi connectivity index (χ0v) is 19.7. The maximum atomic E-state index is 12.9. The monoisotopic (exact) mass is 459 g/mol. The van der Waals surface area contributed by atoms with Crippen molar-refractivity contribution in [1.29, 1.82) is 5.26 Å². The van der Waals surface area contributed by atoms with E-state index >= 15 is 0 Å². The van der Waals surface area contributed by atoms with E-state index in [0.29, 0.717) is 43.8 Å². The molecule has 0 unspecified atom stereocenters. The Morgan fingerprint density at radius 3 is 2.74 bits per heavy atom. The van der Waals surface area contributed by atoms with Crippen molar-refractivity contribution < 1.29 is 14.3 Å². The Labute approximate surface area is 198 Å². The van der Waals surface area contributed by atoms with E-state index in [2.05, 4.69) is 33.6 Å².